The van der Waals surface area contributed by atoms with Gasteiger partial charge in [-0.2, -0.15) is 9.37 Å². The van der Waals surface area contributed by atoms with Gasteiger partial charge in [-0.25, -0.2) is 12.8 Å². The number of benzene rings is 1. The van der Waals surface area contributed by atoms with E-state index in [1.54, 1.807) is 18.2 Å². The number of ether oxygens (including phenoxy) is 1. The molecule has 0 aliphatic carbocycles. The number of aryl methyl sites for hydroxylation is 1. The van der Waals surface area contributed by atoms with E-state index in [9.17, 15) is 17.2 Å². The topological polar surface area (TPSA) is 84.1 Å². The van der Waals surface area contributed by atoms with Gasteiger partial charge >= 0.3 is 0 Å². The number of pyridine rings is 1. The zero-order valence-electron chi connectivity index (χ0n) is 14.2. The maximum atomic E-state index is 14.3. The molecule has 0 atom stereocenters. The molecule has 144 valence electrons. The summed E-state index contributed by atoms with van der Waals surface area (Å²) >= 11 is 3.30. The first-order valence-electron chi connectivity index (χ1n) is 7.95. The van der Waals surface area contributed by atoms with Gasteiger partial charge in [0.15, 0.2) is 11.6 Å². The third-order valence-electron chi connectivity index (χ3n) is 3.92. The first kappa shape index (κ1) is 19.7. The minimum atomic E-state index is -4.17. The summed E-state index contributed by atoms with van der Waals surface area (Å²) in [6, 6.07) is 5.94. The van der Waals surface area contributed by atoms with Crippen molar-refractivity contribution < 1.29 is 21.9 Å². The van der Waals surface area contributed by atoms with E-state index < -0.39 is 27.6 Å². The van der Waals surface area contributed by atoms with Crippen molar-refractivity contribution >= 4 is 42.7 Å². The number of anilines is 1. The largest absolute Gasteiger partial charge is 0.385 e. The van der Waals surface area contributed by atoms with Crippen LogP contribution in [0.2, 0.25) is 0 Å². The van der Waals surface area contributed by atoms with Crippen LogP contribution in [0.15, 0.2) is 39.8 Å². The van der Waals surface area contributed by atoms with Crippen LogP contribution in [0.4, 0.5) is 14.6 Å². The quantitative estimate of drug-likeness (QED) is 0.413. The van der Waals surface area contributed by atoms with Crippen LogP contribution in [0.1, 0.15) is 12.0 Å². The average molecular weight is 460 g/mol. The first-order chi connectivity index (χ1) is 12.8. The lowest BCUT2D eigenvalue weighted by molar-refractivity contribution is 0.195. The van der Waals surface area contributed by atoms with Crippen molar-refractivity contribution in [3.63, 3.8) is 0 Å². The fourth-order valence-corrected chi connectivity index (χ4v) is 4.18. The monoisotopic (exact) mass is 459 g/mol. The molecule has 0 spiro atoms. The zero-order valence-corrected chi connectivity index (χ0v) is 16.6. The molecule has 10 heteroatoms. The third kappa shape index (κ3) is 4.28. The summed E-state index contributed by atoms with van der Waals surface area (Å²) in [5.74, 6) is -2.56. The minimum absolute atomic E-state index is 0.0597. The number of fused-ring (bicyclic) bond motifs is 1. The molecule has 27 heavy (non-hydrogen) atoms. The normalized spacial score (nSPS) is 11.9. The SMILES string of the molecule is COCCCc1cc(F)c(NS(=O)(=O)c2c[nH]c3cc(Br)ccc23)nc1F. The second-order valence-corrected chi connectivity index (χ2v) is 8.38. The van der Waals surface area contributed by atoms with Crippen LogP contribution in [-0.2, 0) is 21.2 Å². The number of nitrogens with zero attached hydrogens (tertiary/aromatic N) is 1. The second-order valence-electron chi connectivity index (χ2n) is 5.81. The molecule has 2 aromatic heterocycles. The molecule has 0 radical (unpaired) electrons. The Morgan fingerprint density at radius 2 is 2.07 bits per heavy atom. The van der Waals surface area contributed by atoms with Crippen molar-refractivity contribution in [2.75, 3.05) is 18.4 Å². The van der Waals surface area contributed by atoms with Gasteiger partial charge in [0, 0.05) is 40.9 Å². The summed E-state index contributed by atoms with van der Waals surface area (Å²) in [6.07, 6.45) is 2.01. The van der Waals surface area contributed by atoms with Crippen molar-refractivity contribution in [1.29, 1.82) is 0 Å². The predicted molar refractivity (Wildman–Crippen MR) is 101 cm³/mol. The predicted octanol–water partition coefficient (Wildman–Crippen LogP) is 3.98. The van der Waals surface area contributed by atoms with E-state index >= 15 is 0 Å². The van der Waals surface area contributed by atoms with E-state index in [1.165, 1.54) is 13.3 Å². The Kier molecular flexibility index (Phi) is 5.78. The Balaban J connectivity index is 1.90. The molecule has 3 rings (SSSR count). The van der Waals surface area contributed by atoms with Crippen molar-refractivity contribution in [1.82, 2.24) is 9.97 Å². The molecular weight excluding hydrogens is 444 g/mol. The van der Waals surface area contributed by atoms with Gasteiger partial charge in [0.1, 0.15) is 4.90 Å². The number of hydrogen-bond donors (Lipinski definition) is 2. The van der Waals surface area contributed by atoms with E-state index in [1.807, 2.05) is 4.72 Å². The number of aromatic amines is 1. The Bertz CT molecular complexity index is 1090. The molecule has 0 fully saturated rings. The van der Waals surface area contributed by atoms with Gasteiger partial charge in [0.25, 0.3) is 10.0 Å². The van der Waals surface area contributed by atoms with Crippen LogP contribution in [-0.4, -0.2) is 32.1 Å². The van der Waals surface area contributed by atoms with Gasteiger partial charge in [-0.15, -0.1) is 0 Å². The average Bonchev–Trinajstić information content (AvgIpc) is 3.03. The molecule has 3 aromatic rings. The molecular formula is C17H16BrF2N3O3S. The van der Waals surface area contributed by atoms with E-state index in [4.69, 9.17) is 4.74 Å². The van der Waals surface area contributed by atoms with Crippen molar-refractivity contribution in [2.24, 2.45) is 0 Å². The molecule has 6 nitrogen and oxygen atoms in total. The smallest absolute Gasteiger partial charge is 0.265 e. The molecule has 0 aliphatic heterocycles. The van der Waals surface area contributed by atoms with Gasteiger partial charge < -0.3 is 9.72 Å². The minimum Gasteiger partial charge on any atom is -0.385 e. The summed E-state index contributed by atoms with van der Waals surface area (Å²) in [5, 5.41) is 0.419. The summed E-state index contributed by atoms with van der Waals surface area (Å²) in [6.45, 7) is 0.395. The van der Waals surface area contributed by atoms with E-state index in [0.717, 1.165) is 10.5 Å². The maximum absolute atomic E-state index is 14.3. The second kappa shape index (κ2) is 7.91. The number of nitrogens with one attached hydrogen (secondary N) is 2. The highest BCUT2D eigenvalue weighted by Gasteiger charge is 2.22. The molecule has 1 aromatic carbocycles. The van der Waals surface area contributed by atoms with Crippen LogP contribution in [0.3, 0.4) is 0 Å². The van der Waals surface area contributed by atoms with Crippen LogP contribution < -0.4 is 4.72 Å². The number of H-pyrrole nitrogens is 1. The van der Waals surface area contributed by atoms with Crippen molar-refractivity contribution in [2.45, 2.75) is 17.7 Å². The number of sulfonamides is 1. The standard InChI is InChI=1S/C17H16BrF2N3O3S/c1-26-6-2-3-10-7-13(19)17(22-16(10)20)23-27(24,25)15-9-21-14-8-11(18)4-5-12(14)15/h4-5,7-9,21H,2-3,6H2,1H3,(H,22,23). The summed E-state index contributed by atoms with van der Waals surface area (Å²) in [4.78, 5) is 6.20. The maximum Gasteiger partial charge on any atom is 0.265 e. The highest BCUT2D eigenvalue weighted by molar-refractivity contribution is 9.10. The Morgan fingerprint density at radius 1 is 1.30 bits per heavy atom. The molecule has 0 aliphatic rings. The van der Waals surface area contributed by atoms with Crippen LogP contribution in [0.5, 0.6) is 0 Å². The van der Waals surface area contributed by atoms with Gasteiger partial charge in [-0.1, -0.05) is 22.0 Å². The van der Waals surface area contributed by atoms with Gasteiger partial charge in [-0.3, -0.25) is 4.72 Å². The lowest BCUT2D eigenvalue weighted by atomic mass is 10.1. The molecule has 2 heterocycles. The zero-order chi connectivity index (χ0) is 19.6. The highest BCUT2D eigenvalue weighted by Crippen LogP contribution is 2.27. The first-order valence-corrected chi connectivity index (χ1v) is 10.2. The van der Waals surface area contributed by atoms with E-state index in [-0.39, 0.29) is 16.9 Å². The molecule has 2 N–H and O–H groups in total. The van der Waals surface area contributed by atoms with E-state index in [2.05, 4.69) is 25.9 Å². The van der Waals surface area contributed by atoms with Crippen LogP contribution >= 0.6 is 15.9 Å². The Hall–Kier alpha value is -2.04. The fourth-order valence-electron chi connectivity index (χ4n) is 2.63. The van der Waals surface area contributed by atoms with Crippen molar-refractivity contribution in [3.05, 3.63) is 52.3 Å². The lowest BCUT2D eigenvalue weighted by Gasteiger charge is -2.10. The fraction of sp³-hybridized carbons (Fsp3) is 0.235. The number of halogens is 3. The Labute approximate surface area is 163 Å². The highest BCUT2D eigenvalue weighted by atomic mass is 79.9. The molecule has 0 bridgehead atoms. The third-order valence-corrected chi connectivity index (χ3v) is 5.80. The van der Waals surface area contributed by atoms with Gasteiger partial charge in [0.2, 0.25) is 5.95 Å². The molecule has 0 saturated heterocycles. The van der Waals surface area contributed by atoms with Crippen LogP contribution in [0, 0.1) is 11.8 Å². The number of rotatable bonds is 7. The molecule has 0 amide bonds. The number of hydrogen-bond acceptors (Lipinski definition) is 4. The summed E-state index contributed by atoms with van der Waals surface area (Å²) in [7, 11) is -2.66. The van der Waals surface area contributed by atoms with E-state index in [0.29, 0.717) is 23.9 Å². The van der Waals surface area contributed by atoms with Gasteiger partial charge in [0.05, 0.1) is 0 Å². The summed E-state index contributed by atoms with van der Waals surface area (Å²) in [5.41, 5.74) is 0.641. The number of aromatic nitrogens is 2. The Morgan fingerprint density at radius 3 is 2.81 bits per heavy atom. The summed E-state index contributed by atoms with van der Waals surface area (Å²) < 4.78 is 61.3. The molecule has 0 saturated carbocycles. The number of methoxy groups -OCH3 is 1. The molecule has 0 unspecified atom stereocenters. The lowest BCUT2D eigenvalue weighted by Crippen LogP contribution is -2.16. The van der Waals surface area contributed by atoms with Crippen LogP contribution in [0.25, 0.3) is 10.9 Å². The van der Waals surface area contributed by atoms with Gasteiger partial charge in [-0.05, 0) is 31.0 Å². The van der Waals surface area contributed by atoms with Crippen molar-refractivity contribution in [3.8, 4) is 0 Å².